The number of nitrogens with one attached hydrogen (secondary N) is 1. The molecule has 0 heterocycles. The van der Waals surface area contributed by atoms with E-state index in [-0.39, 0.29) is 16.1 Å². The molecular formula is C16H14F2N2O5S. The molecule has 0 saturated heterocycles. The van der Waals surface area contributed by atoms with Gasteiger partial charge in [-0.15, -0.1) is 0 Å². The van der Waals surface area contributed by atoms with Crippen molar-refractivity contribution in [1.29, 1.82) is 0 Å². The lowest BCUT2D eigenvalue weighted by atomic mass is 10.2. The summed E-state index contributed by atoms with van der Waals surface area (Å²) in [5.74, 6) is -3.71. The molecule has 0 spiro atoms. The van der Waals surface area contributed by atoms with E-state index in [0.717, 1.165) is 12.1 Å². The molecule has 0 saturated carbocycles. The fraction of sp³-hybridized carbons (Fsp3) is 0.125. The maximum atomic E-state index is 13.1. The molecule has 2 aromatic rings. The van der Waals surface area contributed by atoms with Gasteiger partial charge in [0.25, 0.3) is 5.91 Å². The van der Waals surface area contributed by atoms with Crippen LogP contribution in [0.3, 0.4) is 0 Å². The fourth-order valence-electron chi connectivity index (χ4n) is 1.93. The average Bonchev–Trinajstić information content (AvgIpc) is 2.53. The minimum Gasteiger partial charge on any atom is -0.449 e. The van der Waals surface area contributed by atoms with Gasteiger partial charge < -0.3 is 10.1 Å². The molecule has 0 fully saturated rings. The third kappa shape index (κ3) is 5.07. The number of sulfonamides is 1. The first kappa shape index (κ1) is 19.5. The summed E-state index contributed by atoms with van der Waals surface area (Å²) in [6.07, 6.45) is -1.27. The Morgan fingerprint density at radius 2 is 1.62 bits per heavy atom. The summed E-state index contributed by atoms with van der Waals surface area (Å²) >= 11 is 0. The molecule has 0 radical (unpaired) electrons. The zero-order valence-electron chi connectivity index (χ0n) is 13.4. The van der Waals surface area contributed by atoms with Crippen molar-refractivity contribution in [3.63, 3.8) is 0 Å². The number of anilines is 1. The molecule has 0 aliphatic carbocycles. The van der Waals surface area contributed by atoms with Gasteiger partial charge in [0.2, 0.25) is 10.0 Å². The first-order chi connectivity index (χ1) is 12.1. The Morgan fingerprint density at radius 3 is 2.12 bits per heavy atom. The van der Waals surface area contributed by atoms with E-state index in [1.165, 1.54) is 31.2 Å². The number of halogens is 2. The monoisotopic (exact) mass is 384 g/mol. The van der Waals surface area contributed by atoms with Gasteiger partial charge in [0, 0.05) is 11.8 Å². The zero-order valence-corrected chi connectivity index (χ0v) is 14.2. The van der Waals surface area contributed by atoms with E-state index in [1.54, 1.807) is 0 Å². The van der Waals surface area contributed by atoms with Crippen molar-refractivity contribution in [2.75, 3.05) is 5.32 Å². The molecule has 2 rings (SSSR count). The molecule has 26 heavy (non-hydrogen) atoms. The van der Waals surface area contributed by atoms with Crippen LogP contribution in [-0.4, -0.2) is 26.4 Å². The lowest BCUT2D eigenvalue weighted by molar-refractivity contribution is -0.123. The maximum absolute atomic E-state index is 13.1. The molecule has 0 aliphatic rings. The largest absolute Gasteiger partial charge is 0.449 e. The summed E-state index contributed by atoms with van der Waals surface area (Å²) in [5.41, 5.74) is -0.137. The molecule has 0 bridgehead atoms. The van der Waals surface area contributed by atoms with Gasteiger partial charge in [-0.3, -0.25) is 4.79 Å². The van der Waals surface area contributed by atoms with Crippen LogP contribution in [0.4, 0.5) is 14.5 Å². The van der Waals surface area contributed by atoms with Crippen molar-refractivity contribution in [3.05, 3.63) is 59.7 Å². The van der Waals surface area contributed by atoms with Gasteiger partial charge in [-0.2, -0.15) is 0 Å². The van der Waals surface area contributed by atoms with Crippen LogP contribution in [0.2, 0.25) is 0 Å². The Hall–Kier alpha value is -2.85. The van der Waals surface area contributed by atoms with Gasteiger partial charge in [0.15, 0.2) is 6.10 Å². The van der Waals surface area contributed by atoms with E-state index in [2.05, 4.69) is 5.32 Å². The van der Waals surface area contributed by atoms with Crippen molar-refractivity contribution in [1.82, 2.24) is 0 Å². The van der Waals surface area contributed by atoms with E-state index in [4.69, 9.17) is 9.88 Å². The predicted molar refractivity (Wildman–Crippen MR) is 87.7 cm³/mol. The summed E-state index contributed by atoms with van der Waals surface area (Å²) in [6, 6.07) is 7.14. The van der Waals surface area contributed by atoms with E-state index in [0.29, 0.717) is 6.07 Å². The van der Waals surface area contributed by atoms with Crippen molar-refractivity contribution < 1.29 is 31.5 Å². The number of esters is 1. The molecule has 3 N–H and O–H groups in total. The lowest BCUT2D eigenvalue weighted by Crippen LogP contribution is -2.30. The second-order valence-electron chi connectivity index (χ2n) is 5.26. The van der Waals surface area contributed by atoms with Crippen molar-refractivity contribution in [2.45, 2.75) is 17.9 Å². The van der Waals surface area contributed by atoms with Crippen LogP contribution in [0.5, 0.6) is 0 Å². The van der Waals surface area contributed by atoms with Crippen LogP contribution in [0.25, 0.3) is 0 Å². The summed E-state index contributed by atoms with van der Waals surface area (Å²) < 4.78 is 53.4. The Bertz CT molecular complexity index is 925. The van der Waals surface area contributed by atoms with Crippen molar-refractivity contribution in [3.8, 4) is 0 Å². The molecule has 0 unspecified atom stereocenters. The number of hydrogen-bond acceptors (Lipinski definition) is 5. The molecular weight excluding hydrogens is 370 g/mol. The van der Waals surface area contributed by atoms with E-state index in [9.17, 15) is 26.8 Å². The summed E-state index contributed by atoms with van der Waals surface area (Å²) in [4.78, 5) is 23.7. The van der Waals surface area contributed by atoms with E-state index in [1.807, 2.05) is 0 Å². The van der Waals surface area contributed by atoms with Gasteiger partial charge in [0.05, 0.1) is 10.5 Å². The maximum Gasteiger partial charge on any atom is 0.339 e. The average molecular weight is 384 g/mol. The van der Waals surface area contributed by atoms with Gasteiger partial charge in [-0.05, 0) is 43.3 Å². The highest BCUT2D eigenvalue weighted by atomic mass is 32.2. The number of primary sulfonamides is 1. The predicted octanol–water partition coefficient (Wildman–Crippen LogP) is 1.80. The van der Waals surface area contributed by atoms with E-state index >= 15 is 0 Å². The quantitative estimate of drug-likeness (QED) is 0.763. The summed E-state index contributed by atoms with van der Waals surface area (Å²) in [6.45, 7) is 1.27. The zero-order chi connectivity index (χ0) is 19.5. The van der Waals surface area contributed by atoms with Gasteiger partial charge in [0.1, 0.15) is 11.6 Å². The standard InChI is InChI=1S/C16H14F2N2O5S/c1-9(25-16(22)10-6-11(17)8-12(18)7-10)15(21)20-13-2-4-14(5-3-13)26(19,23)24/h2-9H,1H3,(H,20,21)(H2,19,23,24)/t9-/m0/s1. The fourth-order valence-corrected chi connectivity index (χ4v) is 2.44. The smallest absolute Gasteiger partial charge is 0.339 e. The molecule has 1 atom stereocenters. The molecule has 0 aromatic heterocycles. The molecule has 7 nitrogen and oxygen atoms in total. The van der Waals surface area contributed by atoms with Crippen LogP contribution in [-0.2, 0) is 19.6 Å². The highest BCUT2D eigenvalue weighted by Gasteiger charge is 2.20. The van der Waals surface area contributed by atoms with E-state index < -0.39 is 39.6 Å². The third-order valence-corrected chi connectivity index (χ3v) is 4.13. The molecule has 10 heteroatoms. The van der Waals surface area contributed by atoms with Crippen LogP contribution in [0.1, 0.15) is 17.3 Å². The SMILES string of the molecule is C[C@H](OC(=O)c1cc(F)cc(F)c1)C(=O)Nc1ccc(S(N)(=O)=O)cc1. The van der Waals surface area contributed by atoms with Gasteiger partial charge in [-0.1, -0.05) is 0 Å². The minimum atomic E-state index is -3.86. The minimum absolute atomic E-state index is 0.136. The van der Waals surface area contributed by atoms with Crippen LogP contribution in [0.15, 0.2) is 47.4 Å². The summed E-state index contributed by atoms with van der Waals surface area (Å²) in [5, 5.41) is 7.36. The van der Waals surface area contributed by atoms with Crippen LogP contribution < -0.4 is 10.5 Å². The van der Waals surface area contributed by atoms with Gasteiger partial charge in [-0.25, -0.2) is 27.1 Å². The number of ether oxygens (including phenoxy) is 1. The number of carbonyl (C=O) groups excluding carboxylic acids is 2. The highest BCUT2D eigenvalue weighted by molar-refractivity contribution is 7.89. The van der Waals surface area contributed by atoms with Crippen LogP contribution >= 0.6 is 0 Å². The highest BCUT2D eigenvalue weighted by Crippen LogP contribution is 2.14. The number of rotatable bonds is 5. The number of amides is 1. The molecule has 2 aromatic carbocycles. The molecule has 138 valence electrons. The Labute approximate surface area is 147 Å². The van der Waals surface area contributed by atoms with Crippen LogP contribution in [0, 0.1) is 11.6 Å². The van der Waals surface area contributed by atoms with Gasteiger partial charge >= 0.3 is 5.97 Å². The molecule has 1 amide bonds. The number of carbonyl (C=O) groups is 2. The Kier molecular flexibility index (Phi) is 5.68. The Morgan fingerprint density at radius 1 is 1.08 bits per heavy atom. The lowest BCUT2D eigenvalue weighted by Gasteiger charge is -2.14. The topological polar surface area (TPSA) is 116 Å². The third-order valence-electron chi connectivity index (χ3n) is 3.20. The Balaban J connectivity index is 2.02. The first-order valence-corrected chi connectivity index (χ1v) is 8.71. The molecule has 0 aliphatic heterocycles. The van der Waals surface area contributed by atoms with Crippen molar-refractivity contribution >= 4 is 27.6 Å². The first-order valence-electron chi connectivity index (χ1n) is 7.17. The second kappa shape index (κ2) is 7.58. The number of hydrogen-bond donors (Lipinski definition) is 2. The summed E-state index contributed by atoms with van der Waals surface area (Å²) in [7, 11) is -3.86. The normalized spacial score (nSPS) is 12.3. The van der Waals surface area contributed by atoms with Crippen molar-refractivity contribution in [2.24, 2.45) is 5.14 Å². The number of benzene rings is 2. The number of nitrogens with two attached hydrogens (primary N) is 1. The second-order valence-corrected chi connectivity index (χ2v) is 6.83.